The fourth-order valence-corrected chi connectivity index (χ4v) is 7.84. The molecule has 0 N–H and O–H groups in total. The van der Waals surface area contributed by atoms with E-state index in [9.17, 15) is 15.1 Å². The molecule has 0 unspecified atom stereocenters. The van der Waals surface area contributed by atoms with Gasteiger partial charge in [-0.15, -0.1) is 0 Å². The number of carbonyl (C=O) groups is 2. The van der Waals surface area contributed by atoms with Crippen molar-refractivity contribution in [3.05, 3.63) is 87.3 Å². The van der Waals surface area contributed by atoms with Gasteiger partial charge in [-0.25, -0.2) is 4.79 Å². The van der Waals surface area contributed by atoms with Crippen molar-refractivity contribution < 1.29 is 61.7 Å². The molecule has 3 aromatic rings. The molecule has 0 bridgehead atoms. The van der Waals surface area contributed by atoms with E-state index >= 15 is 0 Å². The van der Waals surface area contributed by atoms with Gasteiger partial charge in [0.1, 0.15) is 12.7 Å². The zero-order valence-corrected chi connectivity index (χ0v) is 29.1. The lowest BCUT2D eigenvalue weighted by Gasteiger charge is -2.46. The first-order chi connectivity index (χ1) is 25.8. The van der Waals surface area contributed by atoms with Gasteiger partial charge in [-0.1, -0.05) is 35.4 Å². The highest BCUT2D eigenvalue weighted by Gasteiger charge is 2.55. The van der Waals surface area contributed by atoms with Gasteiger partial charge in [0.25, 0.3) is 0 Å². The monoisotopic (exact) mass is 731 g/mol. The fraction of sp³-hybridized carbons (Fsp3) is 0.459. The van der Waals surface area contributed by atoms with Gasteiger partial charge in [0.2, 0.25) is 12.5 Å². The number of cyclic esters (lactones) is 1. The Morgan fingerprint density at radius 2 is 1.70 bits per heavy atom. The minimum Gasteiger partial charge on any atom is -0.493 e. The van der Waals surface area contributed by atoms with Gasteiger partial charge in [-0.2, -0.15) is 0 Å². The second-order valence-electron chi connectivity index (χ2n) is 13.2. The van der Waals surface area contributed by atoms with Crippen LogP contribution in [-0.4, -0.2) is 77.2 Å². The lowest BCUT2D eigenvalue weighted by molar-refractivity contribution is -0.322. The SMILES string of the molecule is COc1cc([C@@H]2c3cc4c(cc3[C@@H](O[C@H]3C[C@H](N=[N+]=[N-])[C@@H]5O[C@H](C)OC[C@H]5O3)[C@H]3COC(=O)[C@H]23)OCO4)cc(OC)c1OC(=O)OCc1ccccc1. The summed E-state index contributed by atoms with van der Waals surface area (Å²) in [6, 6.07) is 15.7. The molecule has 3 saturated heterocycles. The van der Waals surface area contributed by atoms with Gasteiger partial charge in [0.05, 0.1) is 51.6 Å². The molecule has 0 saturated carbocycles. The number of rotatable bonds is 9. The number of carbonyl (C=O) groups excluding carboxylic acids is 2. The smallest absolute Gasteiger partial charge is 0.493 e. The van der Waals surface area contributed by atoms with Crippen LogP contribution in [0.15, 0.2) is 59.7 Å². The van der Waals surface area contributed by atoms with Gasteiger partial charge >= 0.3 is 12.1 Å². The van der Waals surface area contributed by atoms with Crippen LogP contribution in [-0.2, 0) is 39.8 Å². The lowest BCUT2D eigenvalue weighted by atomic mass is 9.66. The van der Waals surface area contributed by atoms with Crippen LogP contribution in [0.25, 0.3) is 10.4 Å². The molecule has 3 aromatic carbocycles. The number of nitrogens with zero attached hydrogens (tertiary/aromatic N) is 3. The Morgan fingerprint density at radius 3 is 2.42 bits per heavy atom. The zero-order valence-electron chi connectivity index (χ0n) is 29.1. The maximum atomic E-state index is 13.7. The third-order valence-electron chi connectivity index (χ3n) is 10.2. The summed E-state index contributed by atoms with van der Waals surface area (Å²) in [7, 11) is 2.87. The molecule has 0 radical (unpaired) electrons. The van der Waals surface area contributed by atoms with E-state index in [0.717, 1.165) is 16.7 Å². The lowest BCUT2D eigenvalue weighted by Crippen LogP contribution is -2.56. The van der Waals surface area contributed by atoms with Gasteiger partial charge in [-0.05, 0) is 59.0 Å². The quantitative estimate of drug-likeness (QED) is 0.0860. The highest BCUT2D eigenvalue weighted by Crippen LogP contribution is 2.57. The van der Waals surface area contributed by atoms with E-state index in [1.54, 1.807) is 19.1 Å². The Labute approximate surface area is 303 Å². The van der Waals surface area contributed by atoms with E-state index in [1.807, 2.05) is 42.5 Å². The van der Waals surface area contributed by atoms with E-state index in [0.29, 0.717) is 17.1 Å². The van der Waals surface area contributed by atoms with E-state index in [4.69, 9.17) is 52.1 Å². The Balaban J connectivity index is 1.14. The van der Waals surface area contributed by atoms with Crippen molar-refractivity contribution in [2.24, 2.45) is 17.0 Å². The molecule has 0 aromatic heterocycles. The standard InChI is InChI=1S/C37H37N3O13/c1-18-45-16-29-34(50-18)24(39-40-38)13-30(51-29)52-33-22-12-26-25(48-17-49-26)11-21(22)31(32-23(33)15-46-36(32)41)20-9-27(43-2)35(28(10-20)44-3)53-37(42)47-14-19-7-5-4-6-8-19/h4-12,18,23-24,29-34H,13-17H2,1-3H3/t18-,23+,24+,29-,30+,31-,32+,33-,34+/m1/s1. The largest absolute Gasteiger partial charge is 0.514 e. The Hall–Kier alpha value is -5.25. The van der Waals surface area contributed by atoms with Crippen LogP contribution in [0.3, 0.4) is 0 Å². The summed E-state index contributed by atoms with van der Waals surface area (Å²) in [5.41, 5.74) is 12.2. The highest BCUT2D eigenvalue weighted by atomic mass is 16.7. The van der Waals surface area contributed by atoms with Crippen LogP contribution in [0.1, 0.15) is 47.6 Å². The van der Waals surface area contributed by atoms with Crippen molar-refractivity contribution in [1.82, 2.24) is 0 Å². The molecule has 278 valence electrons. The first-order valence-corrected chi connectivity index (χ1v) is 17.2. The minimum absolute atomic E-state index is 0.00581. The number of fused-ring (bicyclic) bond motifs is 4. The molecule has 5 aliphatic rings. The fourth-order valence-electron chi connectivity index (χ4n) is 7.84. The van der Waals surface area contributed by atoms with Gasteiger partial charge in [0, 0.05) is 23.2 Å². The van der Waals surface area contributed by atoms with Crippen LogP contribution in [0.2, 0.25) is 0 Å². The molecule has 0 amide bonds. The summed E-state index contributed by atoms with van der Waals surface area (Å²) in [4.78, 5) is 29.6. The molecule has 53 heavy (non-hydrogen) atoms. The van der Waals surface area contributed by atoms with Crippen LogP contribution < -0.4 is 23.7 Å². The first-order valence-electron chi connectivity index (χ1n) is 17.2. The number of hydrogen-bond donors (Lipinski definition) is 0. The second-order valence-corrected chi connectivity index (χ2v) is 13.2. The molecule has 0 spiro atoms. The Bertz CT molecular complexity index is 1900. The molecule has 9 atom stereocenters. The summed E-state index contributed by atoms with van der Waals surface area (Å²) >= 11 is 0. The van der Waals surface area contributed by atoms with Crippen LogP contribution in [0.4, 0.5) is 4.79 Å². The highest BCUT2D eigenvalue weighted by molar-refractivity contribution is 5.79. The summed E-state index contributed by atoms with van der Waals surface area (Å²) in [5.74, 6) is -0.820. The molecule has 16 nitrogen and oxygen atoms in total. The molecular formula is C37H37N3O13. The molecule has 8 rings (SSSR count). The topological polar surface area (TPSA) is 184 Å². The van der Waals surface area contributed by atoms with Crippen LogP contribution in [0.5, 0.6) is 28.7 Å². The van der Waals surface area contributed by atoms with Crippen LogP contribution in [0, 0.1) is 11.8 Å². The summed E-state index contributed by atoms with van der Waals surface area (Å²) in [6.07, 6.45) is -3.78. The number of methoxy groups -OCH3 is 2. The average molecular weight is 732 g/mol. The third kappa shape index (κ3) is 6.64. The molecular weight excluding hydrogens is 694 g/mol. The van der Waals surface area contributed by atoms with Crippen molar-refractivity contribution in [3.8, 4) is 28.7 Å². The van der Waals surface area contributed by atoms with Crippen molar-refractivity contribution in [2.45, 2.75) is 62.8 Å². The first kappa shape index (κ1) is 34.8. The second kappa shape index (κ2) is 14.6. The van der Waals surface area contributed by atoms with Crippen molar-refractivity contribution >= 4 is 12.1 Å². The molecule has 1 aliphatic carbocycles. The van der Waals surface area contributed by atoms with Gasteiger partial charge in [-0.3, -0.25) is 4.79 Å². The van der Waals surface area contributed by atoms with E-state index in [1.165, 1.54) is 14.2 Å². The number of hydrogen-bond acceptors (Lipinski definition) is 14. The van der Waals surface area contributed by atoms with E-state index < -0.39 is 66.8 Å². The number of ether oxygens (including phenoxy) is 11. The normalized spacial score (nSPS) is 29.4. The third-order valence-corrected chi connectivity index (χ3v) is 10.2. The maximum absolute atomic E-state index is 13.7. The van der Waals surface area contributed by atoms with Crippen LogP contribution >= 0.6 is 0 Å². The van der Waals surface area contributed by atoms with Crippen molar-refractivity contribution in [1.29, 1.82) is 0 Å². The van der Waals surface area contributed by atoms with Crippen molar-refractivity contribution in [2.75, 3.05) is 34.2 Å². The van der Waals surface area contributed by atoms with Gasteiger partial charge < -0.3 is 52.1 Å². The Morgan fingerprint density at radius 1 is 0.962 bits per heavy atom. The maximum Gasteiger partial charge on any atom is 0.514 e. The van der Waals surface area contributed by atoms with Crippen molar-refractivity contribution in [3.63, 3.8) is 0 Å². The minimum atomic E-state index is -0.951. The number of esters is 1. The predicted molar refractivity (Wildman–Crippen MR) is 179 cm³/mol. The summed E-state index contributed by atoms with van der Waals surface area (Å²) in [5, 5.41) is 4.01. The average Bonchev–Trinajstić information content (AvgIpc) is 3.80. The van der Waals surface area contributed by atoms with E-state index in [-0.39, 0.29) is 50.3 Å². The molecule has 4 aliphatic heterocycles. The summed E-state index contributed by atoms with van der Waals surface area (Å²) in [6.45, 7) is 2.11. The molecule has 3 fully saturated rings. The number of benzene rings is 3. The Kier molecular flexibility index (Phi) is 9.62. The van der Waals surface area contributed by atoms with E-state index in [2.05, 4.69) is 10.0 Å². The predicted octanol–water partition coefficient (Wildman–Crippen LogP) is 5.70. The summed E-state index contributed by atoms with van der Waals surface area (Å²) < 4.78 is 64.4. The van der Waals surface area contributed by atoms with Gasteiger partial charge in [0.15, 0.2) is 35.6 Å². The molecule has 4 heterocycles. The number of azide groups is 1. The molecule has 16 heteroatoms. The zero-order chi connectivity index (χ0) is 36.6.